The molecule has 0 bridgehead atoms. The van der Waals surface area contributed by atoms with E-state index in [2.05, 4.69) is 17.5 Å². The highest BCUT2D eigenvalue weighted by molar-refractivity contribution is 5.95. The highest BCUT2D eigenvalue weighted by atomic mass is 16.5. The second-order valence-corrected chi connectivity index (χ2v) is 6.06. The predicted octanol–water partition coefficient (Wildman–Crippen LogP) is 3.57. The maximum absolute atomic E-state index is 12.2. The third-order valence-corrected chi connectivity index (χ3v) is 4.21. The average Bonchev–Trinajstić information content (AvgIpc) is 3.16. The third kappa shape index (κ3) is 4.02. The SMILES string of the molecule is CCOc1ccc(C(=O)N/N=C\c2ccc([C@@H]3C[C@H]3C)o2)cc1OC. The molecule has 0 spiro atoms. The molecular formula is C19H22N2O4. The standard InChI is InChI=1S/C19H22N2O4/c1-4-24-17-7-5-13(10-18(17)23-3)19(22)21-20-11-14-6-8-16(25-14)15-9-12(15)2/h5-8,10-12,15H,4,9H2,1-3H3,(H,21,22)/b20-11-/t12-,15-/m1/s1. The van der Waals surface area contributed by atoms with Crippen molar-refractivity contribution in [2.45, 2.75) is 26.2 Å². The van der Waals surface area contributed by atoms with E-state index in [0.29, 0.717) is 41.3 Å². The Balaban J connectivity index is 1.61. The molecule has 0 unspecified atom stereocenters. The van der Waals surface area contributed by atoms with E-state index in [0.717, 1.165) is 5.76 Å². The number of hydrogen-bond donors (Lipinski definition) is 1. The van der Waals surface area contributed by atoms with Crippen molar-refractivity contribution in [2.75, 3.05) is 13.7 Å². The maximum atomic E-state index is 12.2. The molecular weight excluding hydrogens is 320 g/mol. The zero-order chi connectivity index (χ0) is 17.8. The van der Waals surface area contributed by atoms with Crippen LogP contribution in [0.15, 0.2) is 39.9 Å². The summed E-state index contributed by atoms with van der Waals surface area (Å²) in [6.45, 7) is 4.61. The Labute approximate surface area is 146 Å². The second-order valence-electron chi connectivity index (χ2n) is 6.06. The van der Waals surface area contributed by atoms with Gasteiger partial charge in [-0.05, 0) is 49.6 Å². The first kappa shape index (κ1) is 17.1. The zero-order valence-corrected chi connectivity index (χ0v) is 14.6. The van der Waals surface area contributed by atoms with Crippen molar-refractivity contribution in [1.29, 1.82) is 0 Å². The summed E-state index contributed by atoms with van der Waals surface area (Å²) in [5.41, 5.74) is 2.92. The molecule has 1 amide bonds. The molecule has 1 aliphatic carbocycles. The fourth-order valence-corrected chi connectivity index (χ4v) is 2.66. The van der Waals surface area contributed by atoms with Crippen molar-refractivity contribution >= 4 is 12.1 Å². The summed E-state index contributed by atoms with van der Waals surface area (Å²) in [5.74, 6) is 3.59. The van der Waals surface area contributed by atoms with Crippen LogP contribution in [0.1, 0.15) is 48.1 Å². The van der Waals surface area contributed by atoms with E-state index in [1.54, 1.807) is 18.2 Å². The Bertz CT molecular complexity index is 781. The Morgan fingerprint density at radius 3 is 2.84 bits per heavy atom. The van der Waals surface area contributed by atoms with Crippen LogP contribution in [0.4, 0.5) is 0 Å². The first-order chi connectivity index (χ1) is 12.1. The van der Waals surface area contributed by atoms with Crippen molar-refractivity contribution in [1.82, 2.24) is 5.43 Å². The van der Waals surface area contributed by atoms with Gasteiger partial charge in [0.1, 0.15) is 11.5 Å². The Hall–Kier alpha value is -2.76. The Morgan fingerprint density at radius 2 is 2.16 bits per heavy atom. The minimum Gasteiger partial charge on any atom is -0.493 e. The van der Waals surface area contributed by atoms with Gasteiger partial charge in [0.05, 0.1) is 19.9 Å². The highest BCUT2D eigenvalue weighted by Crippen LogP contribution is 2.47. The molecule has 6 heteroatoms. The number of rotatable bonds is 7. The van der Waals surface area contributed by atoms with Crippen LogP contribution >= 0.6 is 0 Å². The van der Waals surface area contributed by atoms with Crippen LogP contribution in [0, 0.1) is 5.92 Å². The summed E-state index contributed by atoms with van der Waals surface area (Å²) in [6, 6.07) is 8.81. The van der Waals surface area contributed by atoms with Crippen LogP contribution < -0.4 is 14.9 Å². The van der Waals surface area contributed by atoms with E-state index in [1.807, 2.05) is 19.1 Å². The van der Waals surface area contributed by atoms with Crippen LogP contribution in [0.25, 0.3) is 0 Å². The van der Waals surface area contributed by atoms with Crippen molar-refractivity contribution in [3.05, 3.63) is 47.4 Å². The van der Waals surface area contributed by atoms with E-state index in [-0.39, 0.29) is 5.91 Å². The van der Waals surface area contributed by atoms with Gasteiger partial charge in [-0.2, -0.15) is 5.10 Å². The van der Waals surface area contributed by atoms with Gasteiger partial charge in [-0.3, -0.25) is 4.79 Å². The lowest BCUT2D eigenvalue weighted by atomic mass is 10.2. The molecule has 0 saturated heterocycles. The van der Waals surface area contributed by atoms with Gasteiger partial charge in [-0.15, -0.1) is 0 Å². The predicted molar refractivity (Wildman–Crippen MR) is 94.5 cm³/mol. The molecule has 25 heavy (non-hydrogen) atoms. The van der Waals surface area contributed by atoms with E-state index < -0.39 is 0 Å². The molecule has 0 radical (unpaired) electrons. The Kier molecular flexibility index (Phi) is 5.07. The number of hydrogen-bond acceptors (Lipinski definition) is 5. The summed E-state index contributed by atoms with van der Waals surface area (Å²) in [7, 11) is 1.53. The minimum absolute atomic E-state index is 0.333. The molecule has 1 heterocycles. The maximum Gasteiger partial charge on any atom is 0.271 e. The number of benzene rings is 1. The number of nitrogens with one attached hydrogen (secondary N) is 1. The lowest BCUT2D eigenvalue weighted by Gasteiger charge is -2.10. The molecule has 1 fully saturated rings. The number of furan rings is 1. The quantitative estimate of drug-likeness (QED) is 0.617. The van der Waals surface area contributed by atoms with E-state index in [1.165, 1.54) is 19.7 Å². The van der Waals surface area contributed by atoms with E-state index in [4.69, 9.17) is 13.9 Å². The van der Waals surface area contributed by atoms with Crippen LogP contribution in [0.2, 0.25) is 0 Å². The van der Waals surface area contributed by atoms with E-state index >= 15 is 0 Å². The van der Waals surface area contributed by atoms with Gasteiger partial charge < -0.3 is 13.9 Å². The van der Waals surface area contributed by atoms with Crippen molar-refractivity contribution < 1.29 is 18.7 Å². The van der Waals surface area contributed by atoms with Crippen LogP contribution in [0.5, 0.6) is 11.5 Å². The number of ether oxygens (including phenoxy) is 2. The van der Waals surface area contributed by atoms with Gasteiger partial charge in [0.15, 0.2) is 11.5 Å². The van der Waals surface area contributed by atoms with Crippen LogP contribution in [-0.4, -0.2) is 25.8 Å². The summed E-state index contributed by atoms with van der Waals surface area (Å²) < 4.78 is 16.4. The number of methoxy groups -OCH3 is 1. The monoisotopic (exact) mass is 342 g/mol. The fraction of sp³-hybridized carbons (Fsp3) is 0.368. The fourth-order valence-electron chi connectivity index (χ4n) is 2.66. The zero-order valence-electron chi connectivity index (χ0n) is 14.6. The summed E-state index contributed by atoms with van der Waals surface area (Å²) in [6.07, 6.45) is 2.67. The molecule has 1 aromatic heterocycles. The molecule has 6 nitrogen and oxygen atoms in total. The Morgan fingerprint density at radius 1 is 1.36 bits per heavy atom. The average molecular weight is 342 g/mol. The largest absolute Gasteiger partial charge is 0.493 e. The number of hydrazone groups is 1. The smallest absolute Gasteiger partial charge is 0.271 e. The van der Waals surface area contributed by atoms with Gasteiger partial charge >= 0.3 is 0 Å². The molecule has 1 N–H and O–H groups in total. The number of nitrogens with zero attached hydrogens (tertiary/aromatic N) is 1. The molecule has 132 valence electrons. The molecule has 2 aromatic rings. The van der Waals surface area contributed by atoms with Crippen molar-refractivity contribution in [3.63, 3.8) is 0 Å². The number of amides is 1. The normalized spacial score (nSPS) is 19.0. The third-order valence-electron chi connectivity index (χ3n) is 4.21. The minimum atomic E-state index is -0.333. The lowest BCUT2D eigenvalue weighted by molar-refractivity contribution is 0.0954. The summed E-state index contributed by atoms with van der Waals surface area (Å²) >= 11 is 0. The summed E-state index contributed by atoms with van der Waals surface area (Å²) in [5, 5.41) is 3.95. The van der Waals surface area contributed by atoms with Gasteiger partial charge in [-0.25, -0.2) is 5.43 Å². The highest BCUT2D eigenvalue weighted by Gasteiger charge is 2.36. The van der Waals surface area contributed by atoms with Crippen molar-refractivity contribution in [2.24, 2.45) is 11.0 Å². The summed E-state index contributed by atoms with van der Waals surface area (Å²) in [4.78, 5) is 12.2. The van der Waals surface area contributed by atoms with Crippen molar-refractivity contribution in [3.8, 4) is 11.5 Å². The van der Waals surface area contributed by atoms with Crippen LogP contribution in [0.3, 0.4) is 0 Å². The molecule has 1 saturated carbocycles. The lowest BCUT2D eigenvalue weighted by Crippen LogP contribution is -2.17. The topological polar surface area (TPSA) is 73.1 Å². The van der Waals surface area contributed by atoms with Gasteiger partial charge in [0.25, 0.3) is 5.91 Å². The van der Waals surface area contributed by atoms with Gasteiger partial charge in [-0.1, -0.05) is 6.92 Å². The number of carbonyl (C=O) groups excluding carboxylic acids is 1. The second kappa shape index (κ2) is 7.42. The van der Waals surface area contributed by atoms with E-state index in [9.17, 15) is 4.79 Å². The first-order valence-corrected chi connectivity index (χ1v) is 8.36. The molecule has 1 aromatic carbocycles. The van der Waals surface area contributed by atoms with Crippen LogP contribution in [-0.2, 0) is 0 Å². The van der Waals surface area contributed by atoms with Gasteiger partial charge in [0.2, 0.25) is 0 Å². The molecule has 0 aliphatic heterocycles. The van der Waals surface area contributed by atoms with Gasteiger partial charge in [0, 0.05) is 11.5 Å². The molecule has 3 rings (SSSR count). The molecule has 2 atom stereocenters. The molecule has 1 aliphatic rings. The number of carbonyl (C=O) groups is 1. The first-order valence-electron chi connectivity index (χ1n) is 8.36.